The summed E-state index contributed by atoms with van der Waals surface area (Å²) in [6.45, 7) is 0. The molecule has 0 saturated heterocycles. The number of hydrogen-bond donors (Lipinski definition) is 0. The average Bonchev–Trinajstić information content (AvgIpc) is 2.28. The van der Waals surface area contributed by atoms with E-state index in [1.54, 1.807) is 18.0 Å². The summed E-state index contributed by atoms with van der Waals surface area (Å²) in [6.07, 6.45) is 3.69. The van der Waals surface area contributed by atoms with Crippen molar-refractivity contribution in [3.8, 4) is 0 Å². The maximum atomic E-state index is 4.13. The Labute approximate surface area is 102 Å². The van der Waals surface area contributed by atoms with Crippen LogP contribution in [-0.4, -0.2) is 4.98 Å². The zero-order chi connectivity index (χ0) is 10.5. The van der Waals surface area contributed by atoms with Crippen LogP contribution in [0.15, 0.2) is 58.2 Å². The number of hydrogen-bond acceptors (Lipinski definition) is 2. The second-order valence-electron chi connectivity index (χ2n) is 3.11. The molecule has 1 heterocycles. The van der Waals surface area contributed by atoms with Crippen LogP contribution in [-0.2, 0) is 5.75 Å². The summed E-state index contributed by atoms with van der Waals surface area (Å²) in [5.74, 6) is 0.985. The van der Waals surface area contributed by atoms with Crippen molar-refractivity contribution in [3.63, 3.8) is 0 Å². The number of rotatable bonds is 3. The molecule has 0 atom stereocenters. The van der Waals surface area contributed by atoms with E-state index in [0.29, 0.717) is 0 Å². The first-order chi connectivity index (χ1) is 7.34. The fraction of sp³-hybridized carbons (Fsp3) is 0.0833. The highest BCUT2D eigenvalue weighted by Crippen LogP contribution is 2.24. The smallest absolute Gasteiger partial charge is 0.0411 e. The van der Waals surface area contributed by atoms with Gasteiger partial charge in [0.15, 0.2) is 0 Å². The van der Waals surface area contributed by atoms with Crippen LogP contribution in [0.2, 0.25) is 0 Å². The predicted octanol–water partition coefficient (Wildman–Crippen LogP) is 4.14. The second kappa shape index (κ2) is 5.33. The highest BCUT2D eigenvalue weighted by atomic mass is 79.9. The summed E-state index contributed by atoms with van der Waals surface area (Å²) >= 11 is 5.21. The molecule has 1 aromatic carbocycles. The zero-order valence-corrected chi connectivity index (χ0v) is 10.5. The monoisotopic (exact) mass is 279 g/mol. The Kier molecular flexibility index (Phi) is 3.80. The van der Waals surface area contributed by atoms with E-state index in [1.165, 1.54) is 10.5 Å². The highest BCUT2D eigenvalue weighted by molar-refractivity contribution is 9.10. The van der Waals surface area contributed by atoms with Gasteiger partial charge in [0.05, 0.1) is 0 Å². The van der Waals surface area contributed by atoms with Crippen molar-refractivity contribution in [3.05, 3.63) is 58.8 Å². The number of halogens is 1. The molecular weight excluding hydrogens is 270 g/mol. The summed E-state index contributed by atoms with van der Waals surface area (Å²) in [4.78, 5) is 5.32. The molecule has 0 N–H and O–H groups in total. The predicted molar refractivity (Wildman–Crippen MR) is 67.9 cm³/mol. The van der Waals surface area contributed by atoms with E-state index >= 15 is 0 Å². The standard InChI is InChI=1S/C12H10BrNS/c13-11-6-12(8-14-7-11)15-9-10-4-2-1-3-5-10/h1-8H,9H2. The van der Waals surface area contributed by atoms with Crippen molar-refractivity contribution in [1.82, 2.24) is 4.98 Å². The molecule has 2 rings (SSSR count). The molecule has 0 saturated carbocycles. The highest BCUT2D eigenvalue weighted by Gasteiger charge is 1.96. The van der Waals surface area contributed by atoms with Gasteiger partial charge in [0.25, 0.3) is 0 Å². The Morgan fingerprint density at radius 1 is 1.13 bits per heavy atom. The molecule has 0 amide bonds. The lowest BCUT2D eigenvalue weighted by Gasteiger charge is -2.01. The molecule has 0 unspecified atom stereocenters. The quantitative estimate of drug-likeness (QED) is 0.784. The summed E-state index contributed by atoms with van der Waals surface area (Å²) < 4.78 is 1.03. The molecule has 0 aliphatic carbocycles. The molecule has 0 aliphatic rings. The number of thioether (sulfide) groups is 1. The molecule has 2 aromatic rings. The summed E-state index contributed by atoms with van der Waals surface area (Å²) in [5, 5.41) is 0. The third-order valence-corrected chi connectivity index (χ3v) is 3.40. The Bertz CT molecular complexity index is 431. The maximum Gasteiger partial charge on any atom is 0.0411 e. The number of benzene rings is 1. The van der Waals surface area contributed by atoms with Crippen LogP contribution in [0.25, 0.3) is 0 Å². The summed E-state index contributed by atoms with van der Waals surface area (Å²) in [7, 11) is 0. The van der Waals surface area contributed by atoms with E-state index in [1.807, 2.05) is 12.3 Å². The van der Waals surface area contributed by atoms with Crippen LogP contribution in [0.4, 0.5) is 0 Å². The van der Waals surface area contributed by atoms with Crippen molar-refractivity contribution >= 4 is 27.7 Å². The molecule has 76 valence electrons. The molecular formula is C12H10BrNS. The van der Waals surface area contributed by atoms with Crippen LogP contribution < -0.4 is 0 Å². The molecule has 15 heavy (non-hydrogen) atoms. The maximum absolute atomic E-state index is 4.13. The van der Waals surface area contributed by atoms with Crippen molar-refractivity contribution < 1.29 is 0 Å². The van der Waals surface area contributed by atoms with Crippen LogP contribution in [0.5, 0.6) is 0 Å². The first kappa shape index (κ1) is 10.7. The Balaban J connectivity index is 1.99. The van der Waals surface area contributed by atoms with Crippen molar-refractivity contribution in [2.45, 2.75) is 10.6 Å². The minimum Gasteiger partial charge on any atom is -0.262 e. The Morgan fingerprint density at radius 2 is 1.93 bits per heavy atom. The van der Waals surface area contributed by atoms with E-state index in [4.69, 9.17) is 0 Å². The van der Waals surface area contributed by atoms with Gasteiger partial charge >= 0.3 is 0 Å². The fourth-order valence-electron chi connectivity index (χ4n) is 1.21. The van der Waals surface area contributed by atoms with E-state index in [2.05, 4.69) is 51.2 Å². The topological polar surface area (TPSA) is 12.9 Å². The molecule has 0 bridgehead atoms. The van der Waals surface area contributed by atoms with Gasteiger partial charge in [-0.15, -0.1) is 11.8 Å². The fourth-order valence-corrected chi connectivity index (χ4v) is 2.60. The Hall–Kier alpha value is -0.800. The summed E-state index contributed by atoms with van der Waals surface area (Å²) in [6, 6.07) is 12.5. The lowest BCUT2D eigenvalue weighted by atomic mass is 10.2. The van der Waals surface area contributed by atoms with Gasteiger partial charge in [0.2, 0.25) is 0 Å². The number of aromatic nitrogens is 1. The van der Waals surface area contributed by atoms with Gasteiger partial charge in [-0.2, -0.15) is 0 Å². The van der Waals surface area contributed by atoms with Gasteiger partial charge in [0, 0.05) is 27.5 Å². The molecule has 1 nitrogen and oxygen atoms in total. The van der Waals surface area contributed by atoms with Crippen LogP contribution in [0.1, 0.15) is 5.56 Å². The molecule has 0 radical (unpaired) electrons. The van der Waals surface area contributed by atoms with Crippen LogP contribution in [0, 0.1) is 0 Å². The van der Waals surface area contributed by atoms with E-state index in [0.717, 1.165) is 10.2 Å². The first-order valence-corrected chi connectivity index (χ1v) is 6.40. The normalized spacial score (nSPS) is 10.2. The third-order valence-electron chi connectivity index (χ3n) is 1.93. The van der Waals surface area contributed by atoms with Gasteiger partial charge in [-0.3, -0.25) is 4.98 Å². The van der Waals surface area contributed by atoms with Gasteiger partial charge in [-0.1, -0.05) is 30.3 Å². The van der Waals surface area contributed by atoms with Crippen LogP contribution >= 0.6 is 27.7 Å². The Morgan fingerprint density at radius 3 is 2.67 bits per heavy atom. The first-order valence-electron chi connectivity index (χ1n) is 4.62. The lowest BCUT2D eigenvalue weighted by molar-refractivity contribution is 1.22. The molecule has 0 spiro atoms. The number of pyridine rings is 1. The largest absolute Gasteiger partial charge is 0.262 e. The number of nitrogens with zero attached hydrogens (tertiary/aromatic N) is 1. The van der Waals surface area contributed by atoms with Gasteiger partial charge in [-0.25, -0.2) is 0 Å². The van der Waals surface area contributed by atoms with Crippen molar-refractivity contribution in [2.24, 2.45) is 0 Å². The van der Waals surface area contributed by atoms with Gasteiger partial charge in [-0.05, 0) is 27.6 Å². The molecule has 0 fully saturated rings. The molecule has 1 aromatic heterocycles. The molecule has 0 aliphatic heterocycles. The minimum atomic E-state index is 0.985. The van der Waals surface area contributed by atoms with E-state index < -0.39 is 0 Å². The molecule has 3 heteroatoms. The lowest BCUT2D eigenvalue weighted by Crippen LogP contribution is -1.80. The third kappa shape index (κ3) is 3.36. The van der Waals surface area contributed by atoms with E-state index in [9.17, 15) is 0 Å². The summed E-state index contributed by atoms with van der Waals surface area (Å²) in [5.41, 5.74) is 1.34. The van der Waals surface area contributed by atoms with Gasteiger partial charge < -0.3 is 0 Å². The SMILES string of the molecule is Brc1cncc(SCc2ccccc2)c1. The van der Waals surface area contributed by atoms with Gasteiger partial charge in [0.1, 0.15) is 0 Å². The minimum absolute atomic E-state index is 0.985. The van der Waals surface area contributed by atoms with Crippen molar-refractivity contribution in [1.29, 1.82) is 0 Å². The zero-order valence-electron chi connectivity index (χ0n) is 8.06. The second-order valence-corrected chi connectivity index (χ2v) is 5.08. The average molecular weight is 280 g/mol. The van der Waals surface area contributed by atoms with E-state index in [-0.39, 0.29) is 0 Å². The van der Waals surface area contributed by atoms with Crippen LogP contribution in [0.3, 0.4) is 0 Å². The van der Waals surface area contributed by atoms with Crippen molar-refractivity contribution in [2.75, 3.05) is 0 Å².